The summed E-state index contributed by atoms with van der Waals surface area (Å²) in [5.74, 6) is 0.302. The van der Waals surface area contributed by atoms with Crippen LogP contribution in [0.5, 0.6) is 5.75 Å². The Morgan fingerprint density at radius 3 is 2.16 bits per heavy atom. The van der Waals surface area contributed by atoms with E-state index < -0.39 is 0 Å². The van der Waals surface area contributed by atoms with Crippen LogP contribution in [0.25, 0.3) is 11.1 Å². The van der Waals surface area contributed by atoms with Gasteiger partial charge in [-0.05, 0) is 28.7 Å². The van der Waals surface area contributed by atoms with Crippen molar-refractivity contribution >= 4 is 0 Å². The van der Waals surface area contributed by atoms with Gasteiger partial charge in [-0.2, -0.15) is 0 Å². The number of rotatable bonds is 2. The van der Waals surface area contributed by atoms with E-state index in [9.17, 15) is 10.2 Å². The fourth-order valence-corrected chi connectivity index (χ4v) is 2.20. The number of benzene rings is 2. The van der Waals surface area contributed by atoms with Gasteiger partial charge in [-0.25, -0.2) is 0 Å². The average molecular weight is 256 g/mol. The van der Waals surface area contributed by atoms with E-state index in [4.69, 9.17) is 0 Å². The lowest BCUT2D eigenvalue weighted by atomic mass is 9.83. The molecule has 19 heavy (non-hydrogen) atoms. The van der Waals surface area contributed by atoms with Gasteiger partial charge < -0.3 is 10.2 Å². The van der Waals surface area contributed by atoms with E-state index in [0.717, 1.165) is 22.3 Å². The van der Waals surface area contributed by atoms with Crippen molar-refractivity contribution in [1.82, 2.24) is 0 Å². The normalized spacial score (nSPS) is 11.6. The predicted octanol–water partition coefficient (Wildman–Crippen LogP) is 3.85. The molecule has 2 nitrogen and oxygen atoms in total. The molecule has 0 amide bonds. The molecule has 0 aliphatic rings. The molecule has 0 saturated heterocycles. The van der Waals surface area contributed by atoms with E-state index >= 15 is 0 Å². The van der Waals surface area contributed by atoms with E-state index in [1.165, 1.54) is 0 Å². The van der Waals surface area contributed by atoms with Gasteiger partial charge in [0.15, 0.2) is 0 Å². The van der Waals surface area contributed by atoms with Gasteiger partial charge in [0.25, 0.3) is 0 Å². The maximum Gasteiger partial charge on any atom is 0.127 e. The van der Waals surface area contributed by atoms with Crippen LogP contribution in [0.2, 0.25) is 0 Å². The van der Waals surface area contributed by atoms with Crippen molar-refractivity contribution in [3.05, 3.63) is 53.6 Å². The van der Waals surface area contributed by atoms with Crippen LogP contribution in [0.15, 0.2) is 42.5 Å². The molecule has 2 aromatic rings. The first-order chi connectivity index (χ1) is 8.93. The first-order valence-corrected chi connectivity index (χ1v) is 6.46. The lowest BCUT2D eigenvalue weighted by Gasteiger charge is -2.23. The van der Waals surface area contributed by atoms with Gasteiger partial charge in [0.1, 0.15) is 5.75 Å². The molecule has 0 heterocycles. The van der Waals surface area contributed by atoms with Crippen molar-refractivity contribution in [2.24, 2.45) is 0 Å². The van der Waals surface area contributed by atoms with Crippen molar-refractivity contribution < 1.29 is 10.2 Å². The zero-order chi connectivity index (χ0) is 14.0. The van der Waals surface area contributed by atoms with Crippen LogP contribution in [0.3, 0.4) is 0 Å². The number of phenolic OH excluding ortho intramolecular Hbond substituents is 1. The molecule has 2 heteroatoms. The molecular weight excluding hydrogens is 236 g/mol. The smallest absolute Gasteiger partial charge is 0.127 e. The molecule has 0 radical (unpaired) electrons. The van der Waals surface area contributed by atoms with Crippen molar-refractivity contribution in [2.75, 3.05) is 0 Å². The molecule has 2 N–H and O–H groups in total. The van der Waals surface area contributed by atoms with Gasteiger partial charge in [-0.15, -0.1) is 0 Å². The van der Waals surface area contributed by atoms with Crippen molar-refractivity contribution in [3.8, 4) is 16.9 Å². The second-order valence-corrected chi connectivity index (χ2v) is 5.81. The minimum atomic E-state index is -0.168. The summed E-state index contributed by atoms with van der Waals surface area (Å²) in [4.78, 5) is 0. The van der Waals surface area contributed by atoms with Crippen molar-refractivity contribution in [1.29, 1.82) is 0 Å². The Hall–Kier alpha value is -1.80. The Kier molecular flexibility index (Phi) is 3.63. The molecule has 0 bridgehead atoms. The average Bonchev–Trinajstić information content (AvgIpc) is 2.38. The molecule has 2 aromatic carbocycles. The SMILES string of the molecule is CC(C)(C)c1cc(CO)cc(-c2ccccc2)c1O. The summed E-state index contributed by atoms with van der Waals surface area (Å²) in [6, 6.07) is 13.5. The van der Waals surface area contributed by atoms with Gasteiger partial charge in [-0.1, -0.05) is 51.1 Å². The van der Waals surface area contributed by atoms with Crippen LogP contribution in [0.1, 0.15) is 31.9 Å². The third kappa shape index (κ3) is 2.79. The standard InChI is InChI=1S/C17H20O2/c1-17(2,3)15-10-12(11-18)9-14(16(15)19)13-7-5-4-6-8-13/h4-10,18-19H,11H2,1-3H3. The summed E-state index contributed by atoms with van der Waals surface area (Å²) < 4.78 is 0. The van der Waals surface area contributed by atoms with E-state index in [2.05, 4.69) is 20.8 Å². The molecule has 0 aromatic heterocycles. The zero-order valence-corrected chi connectivity index (χ0v) is 11.6. The Morgan fingerprint density at radius 1 is 1.00 bits per heavy atom. The van der Waals surface area contributed by atoms with E-state index in [1.807, 2.05) is 42.5 Å². The van der Waals surface area contributed by atoms with E-state index in [0.29, 0.717) is 5.75 Å². The van der Waals surface area contributed by atoms with Crippen LogP contribution in [-0.2, 0) is 12.0 Å². The van der Waals surface area contributed by atoms with Crippen LogP contribution in [0.4, 0.5) is 0 Å². The second-order valence-electron chi connectivity index (χ2n) is 5.81. The molecule has 0 unspecified atom stereocenters. The van der Waals surface area contributed by atoms with Crippen LogP contribution in [0, 0.1) is 0 Å². The quantitative estimate of drug-likeness (QED) is 0.856. The van der Waals surface area contributed by atoms with E-state index in [1.54, 1.807) is 0 Å². The largest absolute Gasteiger partial charge is 0.507 e. The molecule has 0 aliphatic carbocycles. The highest BCUT2D eigenvalue weighted by Gasteiger charge is 2.21. The number of hydrogen-bond acceptors (Lipinski definition) is 2. The molecular formula is C17H20O2. The van der Waals surface area contributed by atoms with Gasteiger partial charge >= 0.3 is 0 Å². The molecule has 0 saturated carbocycles. The highest BCUT2D eigenvalue weighted by molar-refractivity contribution is 5.73. The van der Waals surface area contributed by atoms with Gasteiger partial charge in [0, 0.05) is 11.1 Å². The van der Waals surface area contributed by atoms with Gasteiger partial charge in [0.2, 0.25) is 0 Å². The highest BCUT2D eigenvalue weighted by atomic mass is 16.3. The van der Waals surface area contributed by atoms with Crippen molar-refractivity contribution in [3.63, 3.8) is 0 Å². The van der Waals surface area contributed by atoms with Gasteiger partial charge in [-0.3, -0.25) is 0 Å². The Labute approximate surface area is 114 Å². The first-order valence-electron chi connectivity index (χ1n) is 6.46. The maximum absolute atomic E-state index is 10.5. The fraction of sp³-hybridized carbons (Fsp3) is 0.294. The van der Waals surface area contributed by atoms with Crippen LogP contribution < -0.4 is 0 Å². The third-order valence-electron chi connectivity index (χ3n) is 3.25. The molecule has 0 atom stereocenters. The Bertz CT molecular complexity index is 566. The molecule has 2 rings (SSSR count). The van der Waals surface area contributed by atoms with Crippen LogP contribution >= 0.6 is 0 Å². The van der Waals surface area contributed by atoms with Crippen molar-refractivity contribution in [2.45, 2.75) is 32.8 Å². The number of aromatic hydroxyl groups is 1. The minimum absolute atomic E-state index is 0.0246. The summed E-state index contributed by atoms with van der Waals surface area (Å²) >= 11 is 0. The van der Waals surface area contributed by atoms with Crippen LogP contribution in [-0.4, -0.2) is 10.2 Å². The summed E-state index contributed by atoms with van der Waals surface area (Å²) in [6.45, 7) is 6.14. The second kappa shape index (κ2) is 5.06. The summed E-state index contributed by atoms with van der Waals surface area (Å²) in [7, 11) is 0. The monoisotopic (exact) mass is 256 g/mol. The zero-order valence-electron chi connectivity index (χ0n) is 11.6. The molecule has 0 spiro atoms. The van der Waals surface area contributed by atoms with Gasteiger partial charge in [0.05, 0.1) is 6.61 Å². The first kappa shape index (κ1) is 13.6. The third-order valence-corrected chi connectivity index (χ3v) is 3.25. The summed E-state index contributed by atoms with van der Waals surface area (Å²) in [5, 5.41) is 19.9. The predicted molar refractivity (Wildman–Crippen MR) is 78.2 cm³/mol. The highest BCUT2D eigenvalue weighted by Crippen LogP contribution is 2.39. The van der Waals surface area contributed by atoms with E-state index in [-0.39, 0.29) is 12.0 Å². The molecule has 100 valence electrons. The number of aliphatic hydroxyl groups excluding tert-OH is 1. The number of hydrogen-bond donors (Lipinski definition) is 2. The lowest BCUT2D eigenvalue weighted by Crippen LogP contribution is -2.12. The molecule has 0 aliphatic heterocycles. The fourth-order valence-electron chi connectivity index (χ4n) is 2.20. The summed E-state index contributed by atoms with van der Waals surface area (Å²) in [5.41, 5.74) is 3.25. The lowest BCUT2D eigenvalue weighted by molar-refractivity contribution is 0.281. The Morgan fingerprint density at radius 2 is 1.63 bits per heavy atom. The summed E-state index contributed by atoms with van der Waals surface area (Å²) in [6.07, 6.45) is 0. The minimum Gasteiger partial charge on any atom is -0.507 e. The number of aliphatic hydroxyl groups is 1. The molecule has 0 fully saturated rings. The maximum atomic E-state index is 10.5. The topological polar surface area (TPSA) is 40.5 Å². The number of phenols is 1. The Balaban J connectivity index is 2.68.